The summed E-state index contributed by atoms with van der Waals surface area (Å²) in [7, 11) is 0. The van der Waals surface area contributed by atoms with Gasteiger partial charge in [0.25, 0.3) is 0 Å². The first-order valence-corrected chi connectivity index (χ1v) is 6.96. The maximum Gasteiger partial charge on any atom is 0.242 e. The van der Waals surface area contributed by atoms with Crippen LogP contribution in [0.3, 0.4) is 0 Å². The fraction of sp³-hybridized carbons (Fsp3) is 0.615. The lowest BCUT2D eigenvalue weighted by Crippen LogP contribution is -2.53. The Kier molecular flexibility index (Phi) is 5.15. The molecule has 4 heteroatoms. The van der Waals surface area contributed by atoms with E-state index in [1.165, 1.54) is 4.88 Å². The molecule has 1 amide bonds. The molecule has 1 N–H and O–H groups in total. The van der Waals surface area contributed by atoms with Crippen LogP contribution in [0.5, 0.6) is 0 Å². The number of likely N-dealkylation sites (N-methyl/N-ethyl adjacent to an activating group) is 2. The summed E-state index contributed by atoms with van der Waals surface area (Å²) in [4.78, 5) is 15.5. The third-order valence-electron chi connectivity index (χ3n) is 2.75. The average molecular weight is 254 g/mol. The third-order valence-corrected chi connectivity index (χ3v) is 3.61. The Balaban J connectivity index is 2.70. The summed E-state index contributed by atoms with van der Waals surface area (Å²) >= 11 is 1.69. The van der Waals surface area contributed by atoms with E-state index in [0.717, 1.165) is 13.1 Å². The second-order valence-corrected chi connectivity index (χ2v) is 5.59. The van der Waals surface area contributed by atoms with Crippen molar-refractivity contribution in [3.8, 4) is 0 Å². The zero-order valence-electron chi connectivity index (χ0n) is 11.1. The van der Waals surface area contributed by atoms with Gasteiger partial charge in [0.15, 0.2) is 0 Å². The highest BCUT2D eigenvalue weighted by Gasteiger charge is 2.30. The van der Waals surface area contributed by atoms with Crippen LogP contribution < -0.4 is 5.32 Å². The van der Waals surface area contributed by atoms with E-state index >= 15 is 0 Å². The number of hydrogen-bond donors (Lipinski definition) is 1. The van der Waals surface area contributed by atoms with E-state index in [0.29, 0.717) is 6.54 Å². The van der Waals surface area contributed by atoms with Gasteiger partial charge in [0.05, 0.1) is 12.1 Å². The molecule has 0 fully saturated rings. The molecule has 0 saturated carbocycles. The minimum absolute atomic E-state index is 0.162. The number of carbonyl (C=O) groups excluding carboxylic acids is 1. The van der Waals surface area contributed by atoms with Crippen molar-refractivity contribution in [1.29, 1.82) is 0 Å². The molecule has 0 saturated heterocycles. The van der Waals surface area contributed by atoms with Gasteiger partial charge in [0.1, 0.15) is 0 Å². The molecule has 0 spiro atoms. The van der Waals surface area contributed by atoms with Crippen LogP contribution in [0.25, 0.3) is 0 Å². The molecule has 17 heavy (non-hydrogen) atoms. The van der Waals surface area contributed by atoms with Crippen LogP contribution in [0.15, 0.2) is 17.5 Å². The number of hydrogen-bond acceptors (Lipinski definition) is 3. The van der Waals surface area contributed by atoms with Gasteiger partial charge in [-0.3, -0.25) is 4.79 Å². The molecule has 96 valence electrons. The normalized spacial score (nSPS) is 11.5. The lowest BCUT2D eigenvalue weighted by molar-refractivity contribution is -0.137. The molecule has 0 aliphatic carbocycles. The van der Waals surface area contributed by atoms with Crippen LogP contribution >= 0.6 is 11.3 Å². The van der Waals surface area contributed by atoms with Crippen molar-refractivity contribution in [1.82, 2.24) is 10.2 Å². The minimum Gasteiger partial charge on any atom is -0.336 e. The molecule has 0 aromatic carbocycles. The summed E-state index contributed by atoms with van der Waals surface area (Å²) in [6.45, 7) is 10.2. The summed E-state index contributed by atoms with van der Waals surface area (Å²) in [6, 6.07) is 4.09. The Morgan fingerprint density at radius 1 is 1.47 bits per heavy atom. The van der Waals surface area contributed by atoms with Crippen molar-refractivity contribution >= 4 is 17.2 Å². The molecule has 0 bridgehead atoms. The van der Waals surface area contributed by atoms with Gasteiger partial charge >= 0.3 is 0 Å². The van der Waals surface area contributed by atoms with Crippen molar-refractivity contribution in [2.24, 2.45) is 0 Å². The molecule has 1 rings (SSSR count). The van der Waals surface area contributed by atoms with Gasteiger partial charge in [-0.05, 0) is 38.8 Å². The largest absolute Gasteiger partial charge is 0.336 e. The van der Waals surface area contributed by atoms with Crippen LogP contribution in [0.2, 0.25) is 0 Å². The van der Waals surface area contributed by atoms with Gasteiger partial charge in [-0.15, -0.1) is 11.3 Å². The smallest absolute Gasteiger partial charge is 0.242 e. The van der Waals surface area contributed by atoms with Gasteiger partial charge in [-0.2, -0.15) is 0 Å². The second-order valence-electron chi connectivity index (χ2n) is 4.55. The lowest BCUT2D eigenvalue weighted by Gasteiger charge is -2.31. The number of carbonyl (C=O) groups is 1. The summed E-state index contributed by atoms with van der Waals surface area (Å²) < 4.78 is 0. The third kappa shape index (κ3) is 3.82. The molecule has 3 nitrogen and oxygen atoms in total. The zero-order valence-corrected chi connectivity index (χ0v) is 11.9. The fourth-order valence-corrected chi connectivity index (χ4v) is 2.55. The number of nitrogens with one attached hydrogen (secondary N) is 1. The van der Waals surface area contributed by atoms with Gasteiger partial charge in [0, 0.05) is 11.4 Å². The predicted molar refractivity (Wildman–Crippen MR) is 73.2 cm³/mol. The Labute approximate surface area is 108 Å². The van der Waals surface area contributed by atoms with Crippen molar-refractivity contribution in [2.75, 3.05) is 13.1 Å². The Morgan fingerprint density at radius 2 is 2.18 bits per heavy atom. The molecule has 1 aromatic heterocycles. The van der Waals surface area contributed by atoms with Gasteiger partial charge in [0.2, 0.25) is 5.91 Å². The molecular formula is C13H22N2OS. The van der Waals surface area contributed by atoms with E-state index in [-0.39, 0.29) is 5.91 Å². The fourth-order valence-electron chi connectivity index (χ4n) is 1.83. The lowest BCUT2D eigenvalue weighted by atomic mass is 10.0. The van der Waals surface area contributed by atoms with E-state index in [9.17, 15) is 4.79 Å². The molecule has 0 unspecified atom stereocenters. The van der Waals surface area contributed by atoms with Crippen molar-refractivity contribution in [3.05, 3.63) is 22.4 Å². The van der Waals surface area contributed by atoms with E-state index < -0.39 is 5.54 Å². The average Bonchev–Trinajstić information content (AvgIpc) is 2.77. The minimum atomic E-state index is -0.484. The first-order chi connectivity index (χ1) is 8.01. The van der Waals surface area contributed by atoms with E-state index in [4.69, 9.17) is 0 Å². The second kappa shape index (κ2) is 6.17. The van der Waals surface area contributed by atoms with E-state index in [1.807, 2.05) is 44.0 Å². The number of thiophene rings is 1. The summed E-state index contributed by atoms with van der Waals surface area (Å²) in [5, 5.41) is 5.27. The topological polar surface area (TPSA) is 32.3 Å². The van der Waals surface area contributed by atoms with Crippen LogP contribution in [0.4, 0.5) is 0 Å². The number of rotatable bonds is 6. The Hall–Kier alpha value is -0.870. The molecule has 0 aliphatic heterocycles. The maximum atomic E-state index is 12.4. The van der Waals surface area contributed by atoms with Crippen LogP contribution in [0, 0.1) is 0 Å². The summed E-state index contributed by atoms with van der Waals surface area (Å²) in [6.07, 6.45) is 0. The van der Waals surface area contributed by atoms with Crippen LogP contribution in [-0.2, 0) is 11.3 Å². The molecular weight excluding hydrogens is 232 g/mol. The van der Waals surface area contributed by atoms with Crippen LogP contribution in [-0.4, -0.2) is 29.4 Å². The quantitative estimate of drug-likeness (QED) is 0.846. The Bertz CT molecular complexity index is 346. The van der Waals surface area contributed by atoms with Gasteiger partial charge in [-0.1, -0.05) is 13.0 Å². The number of amides is 1. The standard InChI is InChI=1S/C13H22N2OS/c1-5-14-13(3,4)12(16)15(6-2)10-11-8-7-9-17-11/h7-9,14H,5-6,10H2,1-4H3. The molecule has 0 radical (unpaired) electrons. The molecule has 0 aliphatic rings. The summed E-state index contributed by atoms with van der Waals surface area (Å²) in [5.41, 5.74) is -0.484. The molecule has 0 atom stereocenters. The molecule has 1 aromatic rings. The highest BCUT2D eigenvalue weighted by atomic mass is 32.1. The summed E-state index contributed by atoms with van der Waals surface area (Å²) in [5.74, 6) is 0.162. The van der Waals surface area contributed by atoms with Crippen molar-refractivity contribution in [2.45, 2.75) is 39.8 Å². The highest BCUT2D eigenvalue weighted by molar-refractivity contribution is 7.09. The maximum absolute atomic E-state index is 12.4. The Morgan fingerprint density at radius 3 is 2.65 bits per heavy atom. The first kappa shape index (κ1) is 14.2. The van der Waals surface area contributed by atoms with Crippen LogP contribution in [0.1, 0.15) is 32.6 Å². The van der Waals surface area contributed by atoms with E-state index in [2.05, 4.69) is 11.4 Å². The van der Waals surface area contributed by atoms with Crippen molar-refractivity contribution in [3.63, 3.8) is 0 Å². The SMILES string of the molecule is CCNC(C)(C)C(=O)N(CC)Cc1cccs1. The molecule has 1 heterocycles. The first-order valence-electron chi connectivity index (χ1n) is 6.08. The highest BCUT2D eigenvalue weighted by Crippen LogP contribution is 2.15. The number of nitrogens with zero attached hydrogens (tertiary/aromatic N) is 1. The van der Waals surface area contributed by atoms with Gasteiger partial charge in [-0.25, -0.2) is 0 Å². The monoisotopic (exact) mass is 254 g/mol. The van der Waals surface area contributed by atoms with Gasteiger partial charge < -0.3 is 10.2 Å². The van der Waals surface area contributed by atoms with Crippen molar-refractivity contribution < 1.29 is 4.79 Å². The zero-order chi connectivity index (χ0) is 12.9. The van der Waals surface area contributed by atoms with E-state index in [1.54, 1.807) is 11.3 Å². The predicted octanol–water partition coefficient (Wildman–Crippen LogP) is 2.48.